The Morgan fingerprint density at radius 1 is 1.44 bits per heavy atom. The first-order valence-electron chi connectivity index (χ1n) is 5.53. The molecule has 1 aliphatic carbocycles. The lowest BCUT2D eigenvalue weighted by Crippen LogP contribution is -2.43. The van der Waals surface area contributed by atoms with Crippen molar-refractivity contribution in [3.05, 3.63) is 0 Å². The minimum Gasteiger partial charge on any atom is -0.393 e. The number of nitrogens with two attached hydrogens (primary N) is 1. The van der Waals surface area contributed by atoms with Crippen molar-refractivity contribution in [3.8, 4) is 0 Å². The summed E-state index contributed by atoms with van der Waals surface area (Å²) < 4.78 is 39.6. The topological polar surface area (TPSA) is 64.3 Å². The summed E-state index contributed by atoms with van der Waals surface area (Å²) >= 11 is 4.87. The molecule has 1 saturated carbocycles. The van der Waals surface area contributed by atoms with Crippen LogP contribution in [0.1, 0.15) is 19.3 Å². The number of ether oxygens (including phenoxy) is 1. The molecule has 0 aromatic carbocycles. The molecule has 1 aliphatic rings. The number of hydrogen-bond donors (Lipinski definition) is 2. The summed E-state index contributed by atoms with van der Waals surface area (Å²) in [6, 6.07) is -0.190. The summed E-state index contributed by atoms with van der Waals surface area (Å²) in [5.41, 5.74) is 5.52. The number of hydrogen-bond acceptors (Lipinski definition) is 3. The lowest BCUT2D eigenvalue weighted by atomic mass is 10.0. The van der Waals surface area contributed by atoms with E-state index in [1.54, 1.807) is 0 Å². The Balaban J connectivity index is 2.29. The van der Waals surface area contributed by atoms with Crippen LogP contribution < -0.4 is 11.1 Å². The molecule has 0 spiro atoms. The van der Waals surface area contributed by atoms with Crippen molar-refractivity contribution < 1.29 is 22.7 Å². The molecule has 1 amide bonds. The van der Waals surface area contributed by atoms with Crippen LogP contribution >= 0.6 is 12.2 Å². The number of carbonyl (C=O) groups is 1. The maximum absolute atomic E-state index is 11.8. The van der Waals surface area contributed by atoms with E-state index in [0.29, 0.717) is 4.99 Å². The number of amides is 1. The molecule has 8 heteroatoms. The van der Waals surface area contributed by atoms with Crippen molar-refractivity contribution in [3.63, 3.8) is 0 Å². The van der Waals surface area contributed by atoms with Gasteiger partial charge >= 0.3 is 6.18 Å². The fourth-order valence-electron chi connectivity index (χ4n) is 1.98. The number of thiocarbonyl (C=S) groups is 1. The fraction of sp³-hybridized carbons (Fsp3) is 0.800. The van der Waals surface area contributed by atoms with Gasteiger partial charge in [0.15, 0.2) is 0 Å². The molecular weight excluding hydrogens is 269 g/mol. The molecule has 0 aromatic heterocycles. The Morgan fingerprint density at radius 2 is 2.11 bits per heavy atom. The number of halogens is 3. The van der Waals surface area contributed by atoms with Crippen LogP contribution in [-0.2, 0) is 9.53 Å². The first-order valence-corrected chi connectivity index (χ1v) is 5.93. The van der Waals surface area contributed by atoms with Crippen molar-refractivity contribution in [2.24, 2.45) is 11.7 Å². The Labute approximate surface area is 108 Å². The molecule has 0 radical (unpaired) electrons. The van der Waals surface area contributed by atoms with E-state index in [0.717, 1.165) is 19.3 Å². The highest BCUT2D eigenvalue weighted by Gasteiger charge is 2.31. The molecule has 2 atom stereocenters. The third-order valence-corrected chi connectivity index (χ3v) is 3.03. The van der Waals surface area contributed by atoms with Gasteiger partial charge in [0.25, 0.3) is 0 Å². The predicted octanol–water partition coefficient (Wildman–Crippen LogP) is 1.14. The third-order valence-electron chi connectivity index (χ3n) is 2.73. The predicted molar refractivity (Wildman–Crippen MR) is 62.9 cm³/mol. The second kappa shape index (κ2) is 6.33. The van der Waals surface area contributed by atoms with Crippen LogP contribution in [0.5, 0.6) is 0 Å². The van der Waals surface area contributed by atoms with Crippen LogP contribution in [0, 0.1) is 5.92 Å². The van der Waals surface area contributed by atoms with Gasteiger partial charge in [0.1, 0.15) is 13.2 Å². The summed E-state index contributed by atoms with van der Waals surface area (Å²) in [4.78, 5) is 11.7. The number of nitrogens with one attached hydrogen (secondary N) is 1. The summed E-state index contributed by atoms with van der Waals surface area (Å²) in [5.74, 6) is -0.654. The average molecular weight is 284 g/mol. The van der Waals surface area contributed by atoms with E-state index >= 15 is 0 Å². The second-order valence-corrected chi connectivity index (χ2v) is 4.69. The summed E-state index contributed by atoms with van der Waals surface area (Å²) in [6.45, 7) is -2.04. The lowest BCUT2D eigenvalue weighted by Gasteiger charge is -2.19. The summed E-state index contributed by atoms with van der Waals surface area (Å²) in [5, 5.41) is 2.60. The van der Waals surface area contributed by atoms with E-state index in [4.69, 9.17) is 18.0 Å². The third kappa shape index (κ3) is 5.18. The Kier molecular flexibility index (Phi) is 5.33. The first-order chi connectivity index (χ1) is 8.29. The normalized spacial score (nSPS) is 23.9. The van der Waals surface area contributed by atoms with Crippen molar-refractivity contribution in [2.45, 2.75) is 31.5 Å². The molecule has 4 nitrogen and oxygen atoms in total. The zero-order valence-corrected chi connectivity index (χ0v) is 10.4. The molecule has 2 unspecified atom stereocenters. The van der Waals surface area contributed by atoms with Gasteiger partial charge in [-0.15, -0.1) is 0 Å². The molecule has 0 aliphatic heterocycles. The summed E-state index contributed by atoms with van der Waals surface area (Å²) in [6.07, 6.45) is -2.01. The van der Waals surface area contributed by atoms with Crippen LogP contribution in [-0.4, -0.2) is 36.3 Å². The van der Waals surface area contributed by atoms with Crippen LogP contribution in [0.4, 0.5) is 13.2 Å². The maximum Gasteiger partial charge on any atom is 0.411 e. The van der Waals surface area contributed by atoms with Gasteiger partial charge in [-0.2, -0.15) is 13.2 Å². The van der Waals surface area contributed by atoms with Gasteiger partial charge in [-0.3, -0.25) is 4.79 Å². The Hall–Kier alpha value is -0.890. The van der Waals surface area contributed by atoms with Gasteiger partial charge in [-0.05, 0) is 12.8 Å². The fourth-order valence-corrected chi connectivity index (χ4v) is 2.26. The largest absolute Gasteiger partial charge is 0.411 e. The standard InChI is InChI=1S/C10H15F3N2O2S/c11-10(12,13)5-17-4-8(16)15-7-3-1-2-6(7)9(14)18/h6-7H,1-5H2,(H2,14,18)(H,15,16). The Bertz CT molecular complexity index is 323. The SMILES string of the molecule is NC(=S)C1CCCC1NC(=O)COCC(F)(F)F. The number of carbonyl (C=O) groups excluding carboxylic acids is 1. The minimum atomic E-state index is -4.42. The van der Waals surface area contributed by atoms with E-state index in [9.17, 15) is 18.0 Å². The van der Waals surface area contributed by atoms with Crippen LogP contribution in [0.3, 0.4) is 0 Å². The first kappa shape index (κ1) is 15.2. The van der Waals surface area contributed by atoms with Gasteiger partial charge in [0.05, 0.1) is 4.99 Å². The van der Waals surface area contributed by atoms with E-state index < -0.39 is 25.3 Å². The van der Waals surface area contributed by atoms with Crippen LogP contribution in [0.25, 0.3) is 0 Å². The van der Waals surface area contributed by atoms with Crippen LogP contribution in [0.2, 0.25) is 0 Å². The zero-order valence-electron chi connectivity index (χ0n) is 9.63. The monoisotopic (exact) mass is 284 g/mol. The van der Waals surface area contributed by atoms with Crippen LogP contribution in [0.15, 0.2) is 0 Å². The molecule has 0 bridgehead atoms. The van der Waals surface area contributed by atoms with Crippen molar-refractivity contribution in [1.82, 2.24) is 5.32 Å². The highest BCUT2D eigenvalue weighted by atomic mass is 32.1. The quantitative estimate of drug-likeness (QED) is 0.743. The number of rotatable bonds is 5. The van der Waals surface area contributed by atoms with Crippen molar-refractivity contribution >= 4 is 23.1 Å². The molecule has 0 aromatic rings. The van der Waals surface area contributed by atoms with Crippen molar-refractivity contribution in [1.29, 1.82) is 0 Å². The van der Waals surface area contributed by atoms with Crippen molar-refractivity contribution in [2.75, 3.05) is 13.2 Å². The van der Waals surface area contributed by atoms with Gasteiger partial charge in [-0.1, -0.05) is 18.6 Å². The highest BCUT2D eigenvalue weighted by molar-refractivity contribution is 7.80. The average Bonchev–Trinajstić information content (AvgIpc) is 2.63. The minimum absolute atomic E-state index is 0.0773. The lowest BCUT2D eigenvalue weighted by molar-refractivity contribution is -0.175. The molecule has 3 N–H and O–H groups in total. The van der Waals surface area contributed by atoms with E-state index in [1.165, 1.54) is 0 Å². The molecule has 0 heterocycles. The molecule has 1 rings (SSSR count). The molecule has 1 fully saturated rings. The van der Waals surface area contributed by atoms with Gasteiger partial charge in [0, 0.05) is 12.0 Å². The van der Waals surface area contributed by atoms with E-state index in [-0.39, 0.29) is 12.0 Å². The molecule has 18 heavy (non-hydrogen) atoms. The maximum atomic E-state index is 11.8. The van der Waals surface area contributed by atoms with E-state index in [1.807, 2.05) is 0 Å². The smallest absolute Gasteiger partial charge is 0.393 e. The second-order valence-electron chi connectivity index (χ2n) is 4.22. The van der Waals surface area contributed by atoms with E-state index in [2.05, 4.69) is 10.1 Å². The number of alkyl halides is 3. The highest BCUT2D eigenvalue weighted by Crippen LogP contribution is 2.25. The Morgan fingerprint density at radius 3 is 2.67 bits per heavy atom. The van der Waals surface area contributed by atoms with Gasteiger partial charge < -0.3 is 15.8 Å². The summed E-state index contributed by atoms with van der Waals surface area (Å²) in [7, 11) is 0. The van der Waals surface area contributed by atoms with Gasteiger partial charge in [0.2, 0.25) is 5.91 Å². The molecule has 0 saturated heterocycles. The molecular formula is C10H15F3N2O2S. The molecule has 104 valence electrons. The zero-order chi connectivity index (χ0) is 13.8. The van der Waals surface area contributed by atoms with Gasteiger partial charge in [-0.25, -0.2) is 0 Å².